The van der Waals surface area contributed by atoms with Gasteiger partial charge in [-0.25, -0.2) is 4.79 Å². The zero-order chi connectivity index (χ0) is 19.8. The molecular formula is C23H48N2O2. The molecule has 0 aliphatic carbocycles. The number of aliphatic hydroxyl groups excluding tert-OH is 1. The molecule has 0 spiro atoms. The number of amides is 2. The lowest BCUT2D eigenvalue weighted by atomic mass is 10.0. The molecule has 0 radical (unpaired) electrons. The van der Waals surface area contributed by atoms with Crippen LogP contribution in [0, 0.1) is 0 Å². The van der Waals surface area contributed by atoms with Gasteiger partial charge in [-0.05, 0) is 19.3 Å². The zero-order valence-corrected chi connectivity index (χ0v) is 18.2. The number of unbranched alkanes of at least 4 members (excludes halogenated alkanes) is 16. The van der Waals surface area contributed by atoms with Gasteiger partial charge in [-0.1, -0.05) is 103 Å². The second-order valence-corrected chi connectivity index (χ2v) is 7.92. The van der Waals surface area contributed by atoms with Crippen molar-refractivity contribution in [1.82, 2.24) is 10.6 Å². The molecule has 0 aromatic carbocycles. The summed E-state index contributed by atoms with van der Waals surface area (Å²) in [4.78, 5) is 11.6. The Kier molecular flexibility index (Phi) is 22.6. The van der Waals surface area contributed by atoms with Crippen LogP contribution in [-0.2, 0) is 0 Å². The Hall–Kier alpha value is -0.770. The van der Waals surface area contributed by atoms with Crippen LogP contribution in [0.15, 0.2) is 0 Å². The summed E-state index contributed by atoms with van der Waals surface area (Å²) in [5, 5.41) is 14.5. The van der Waals surface area contributed by atoms with Crippen LogP contribution in [-0.4, -0.2) is 30.8 Å². The van der Waals surface area contributed by atoms with E-state index in [4.69, 9.17) is 5.11 Å². The molecule has 0 bridgehead atoms. The van der Waals surface area contributed by atoms with Crippen molar-refractivity contribution >= 4 is 6.03 Å². The van der Waals surface area contributed by atoms with Crippen molar-refractivity contribution in [2.45, 2.75) is 122 Å². The maximum Gasteiger partial charge on any atom is 0.314 e. The van der Waals surface area contributed by atoms with Crippen LogP contribution in [0.2, 0.25) is 0 Å². The first-order valence-corrected chi connectivity index (χ1v) is 11.9. The second kappa shape index (κ2) is 23.3. The van der Waals surface area contributed by atoms with E-state index < -0.39 is 0 Å². The highest BCUT2D eigenvalue weighted by molar-refractivity contribution is 5.73. The lowest BCUT2D eigenvalue weighted by molar-refractivity contribution is 0.240. The van der Waals surface area contributed by atoms with Crippen molar-refractivity contribution in [3.05, 3.63) is 0 Å². The Balaban J connectivity index is 3.10. The first-order chi connectivity index (χ1) is 13.3. The minimum Gasteiger partial charge on any atom is -0.396 e. The molecule has 4 heteroatoms. The molecule has 0 aliphatic rings. The van der Waals surface area contributed by atoms with E-state index in [1.807, 2.05) is 0 Å². The molecule has 0 atom stereocenters. The Labute approximate surface area is 169 Å². The SMILES string of the molecule is CCCCCCCCCCCCCCCCNC(=O)NCCCCCCO. The number of carbonyl (C=O) groups excluding carboxylic acids is 1. The van der Waals surface area contributed by atoms with Crippen molar-refractivity contribution in [3.8, 4) is 0 Å². The van der Waals surface area contributed by atoms with Gasteiger partial charge in [0.15, 0.2) is 0 Å². The van der Waals surface area contributed by atoms with Crippen molar-refractivity contribution < 1.29 is 9.90 Å². The summed E-state index contributed by atoms with van der Waals surface area (Å²) in [6.07, 6.45) is 23.0. The molecule has 4 nitrogen and oxygen atoms in total. The fourth-order valence-electron chi connectivity index (χ4n) is 3.38. The summed E-state index contributed by atoms with van der Waals surface area (Å²) in [7, 11) is 0. The van der Waals surface area contributed by atoms with Crippen LogP contribution < -0.4 is 10.6 Å². The molecule has 0 unspecified atom stereocenters. The number of urea groups is 1. The Morgan fingerprint density at radius 2 is 0.889 bits per heavy atom. The summed E-state index contributed by atoms with van der Waals surface area (Å²) in [5.74, 6) is 0. The van der Waals surface area contributed by atoms with E-state index in [-0.39, 0.29) is 12.6 Å². The van der Waals surface area contributed by atoms with E-state index >= 15 is 0 Å². The molecule has 0 aromatic rings. The van der Waals surface area contributed by atoms with Gasteiger partial charge in [0.25, 0.3) is 0 Å². The van der Waals surface area contributed by atoms with Crippen molar-refractivity contribution in [1.29, 1.82) is 0 Å². The van der Waals surface area contributed by atoms with Crippen LogP contribution in [0.1, 0.15) is 122 Å². The fraction of sp³-hybridized carbons (Fsp3) is 0.957. The van der Waals surface area contributed by atoms with Gasteiger partial charge in [-0.2, -0.15) is 0 Å². The second-order valence-electron chi connectivity index (χ2n) is 7.92. The summed E-state index contributed by atoms with van der Waals surface area (Å²) in [6.45, 7) is 4.07. The van der Waals surface area contributed by atoms with Crippen LogP contribution in [0.5, 0.6) is 0 Å². The molecule has 0 saturated carbocycles. The third-order valence-corrected chi connectivity index (χ3v) is 5.19. The van der Waals surface area contributed by atoms with E-state index in [1.165, 1.54) is 83.5 Å². The zero-order valence-electron chi connectivity index (χ0n) is 18.2. The largest absolute Gasteiger partial charge is 0.396 e. The lowest BCUT2D eigenvalue weighted by Gasteiger charge is -2.07. The first-order valence-electron chi connectivity index (χ1n) is 11.9. The lowest BCUT2D eigenvalue weighted by Crippen LogP contribution is -2.36. The van der Waals surface area contributed by atoms with Crippen molar-refractivity contribution in [2.75, 3.05) is 19.7 Å². The fourth-order valence-corrected chi connectivity index (χ4v) is 3.38. The summed E-state index contributed by atoms with van der Waals surface area (Å²) in [5.41, 5.74) is 0. The first kappa shape index (κ1) is 26.2. The van der Waals surface area contributed by atoms with Crippen LogP contribution in [0.25, 0.3) is 0 Å². The monoisotopic (exact) mass is 384 g/mol. The predicted octanol–water partition coefficient (Wildman–Crippen LogP) is 6.32. The normalized spacial score (nSPS) is 10.9. The van der Waals surface area contributed by atoms with Gasteiger partial charge in [-0.3, -0.25) is 0 Å². The average Bonchev–Trinajstić information content (AvgIpc) is 2.67. The van der Waals surface area contributed by atoms with Crippen LogP contribution in [0.4, 0.5) is 4.79 Å². The quantitative estimate of drug-likeness (QED) is 0.203. The Morgan fingerprint density at radius 3 is 1.26 bits per heavy atom. The highest BCUT2D eigenvalue weighted by Gasteiger charge is 1.99. The van der Waals surface area contributed by atoms with E-state index in [0.29, 0.717) is 0 Å². The molecule has 3 N–H and O–H groups in total. The molecule has 2 amide bonds. The highest BCUT2D eigenvalue weighted by atomic mass is 16.2. The number of nitrogens with one attached hydrogen (secondary N) is 2. The Morgan fingerprint density at radius 1 is 0.556 bits per heavy atom. The molecule has 0 saturated heterocycles. The molecule has 0 aromatic heterocycles. The van der Waals surface area contributed by atoms with Gasteiger partial charge in [0.2, 0.25) is 0 Å². The van der Waals surface area contributed by atoms with Gasteiger partial charge in [-0.15, -0.1) is 0 Å². The number of aliphatic hydroxyl groups is 1. The van der Waals surface area contributed by atoms with E-state index in [1.54, 1.807) is 0 Å². The van der Waals surface area contributed by atoms with E-state index in [2.05, 4.69) is 17.6 Å². The molecule has 162 valence electrons. The number of carbonyl (C=O) groups is 1. The number of hydrogen-bond acceptors (Lipinski definition) is 2. The standard InChI is InChI=1S/C23H48N2O2/c1-2-3-4-5-6-7-8-9-10-11-12-13-14-17-20-24-23(27)25-21-18-15-16-19-22-26/h26H,2-22H2,1H3,(H2,24,25,27). The molecule has 0 rings (SSSR count). The maximum atomic E-state index is 11.6. The van der Waals surface area contributed by atoms with Gasteiger partial charge in [0.1, 0.15) is 0 Å². The van der Waals surface area contributed by atoms with Crippen LogP contribution >= 0.6 is 0 Å². The predicted molar refractivity (Wildman–Crippen MR) is 117 cm³/mol. The third kappa shape index (κ3) is 23.2. The van der Waals surface area contributed by atoms with Crippen molar-refractivity contribution in [3.63, 3.8) is 0 Å². The molecule has 0 aliphatic heterocycles. The van der Waals surface area contributed by atoms with Crippen LogP contribution in [0.3, 0.4) is 0 Å². The minimum atomic E-state index is -0.0353. The summed E-state index contributed by atoms with van der Waals surface area (Å²) in [6, 6.07) is -0.0353. The van der Waals surface area contributed by atoms with Gasteiger partial charge < -0.3 is 15.7 Å². The van der Waals surface area contributed by atoms with Crippen molar-refractivity contribution in [2.24, 2.45) is 0 Å². The van der Waals surface area contributed by atoms with Gasteiger partial charge in [0.05, 0.1) is 0 Å². The summed E-state index contributed by atoms with van der Waals surface area (Å²) >= 11 is 0. The van der Waals surface area contributed by atoms with Gasteiger partial charge in [0, 0.05) is 19.7 Å². The van der Waals surface area contributed by atoms with Gasteiger partial charge >= 0.3 is 6.03 Å². The number of hydrogen-bond donors (Lipinski definition) is 3. The molecule has 0 fully saturated rings. The summed E-state index contributed by atoms with van der Waals surface area (Å²) < 4.78 is 0. The maximum absolute atomic E-state index is 11.6. The smallest absolute Gasteiger partial charge is 0.314 e. The molecule has 0 heterocycles. The third-order valence-electron chi connectivity index (χ3n) is 5.19. The number of rotatable bonds is 21. The minimum absolute atomic E-state index is 0.0353. The average molecular weight is 385 g/mol. The Bertz CT molecular complexity index is 298. The molecule has 27 heavy (non-hydrogen) atoms. The van der Waals surface area contributed by atoms with E-state index in [9.17, 15) is 4.79 Å². The topological polar surface area (TPSA) is 61.4 Å². The highest BCUT2D eigenvalue weighted by Crippen LogP contribution is 2.12. The van der Waals surface area contributed by atoms with E-state index in [0.717, 1.165) is 45.2 Å². The molecular weight excluding hydrogens is 336 g/mol.